The van der Waals surface area contributed by atoms with E-state index >= 15 is 0 Å². The van der Waals surface area contributed by atoms with Gasteiger partial charge in [-0.3, -0.25) is 9.69 Å². The van der Waals surface area contributed by atoms with E-state index in [1.807, 2.05) is 4.90 Å². The maximum absolute atomic E-state index is 12.3. The number of anilines is 1. The van der Waals surface area contributed by atoms with Gasteiger partial charge in [-0.15, -0.1) is 24.8 Å². The van der Waals surface area contributed by atoms with Crippen LogP contribution < -0.4 is 5.73 Å². The van der Waals surface area contributed by atoms with Crippen LogP contribution in [-0.4, -0.2) is 48.4 Å². The van der Waals surface area contributed by atoms with E-state index in [1.165, 1.54) is 0 Å². The number of carbonyl (C=O) groups excluding carboxylic acids is 1. The van der Waals surface area contributed by atoms with Gasteiger partial charge in [0.05, 0.1) is 0 Å². The van der Waals surface area contributed by atoms with Gasteiger partial charge in [-0.05, 0) is 30.2 Å². The third-order valence-corrected chi connectivity index (χ3v) is 3.44. The molecule has 120 valence electrons. The van der Waals surface area contributed by atoms with Crippen LogP contribution in [0.15, 0.2) is 24.3 Å². The van der Waals surface area contributed by atoms with Gasteiger partial charge in [0.2, 0.25) is 0 Å². The normalized spacial score (nSPS) is 15.3. The number of nitrogens with zero attached hydrogens (tertiary/aromatic N) is 2. The highest BCUT2D eigenvalue weighted by Crippen LogP contribution is 2.11. The number of carbonyl (C=O) groups is 1. The highest BCUT2D eigenvalue weighted by Gasteiger charge is 2.22. The molecule has 4 nitrogen and oxygen atoms in total. The summed E-state index contributed by atoms with van der Waals surface area (Å²) in [6, 6.07) is 7.17. The minimum Gasteiger partial charge on any atom is -0.399 e. The van der Waals surface area contributed by atoms with Crippen LogP contribution in [0, 0.1) is 5.92 Å². The first-order chi connectivity index (χ1) is 9.06. The molecule has 0 radical (unpaired) electrons. The van der Waals surface area contributed by atoms with E-state index in [1.54, 1.807) is 24.3 Å². The summed E-state index contributed by atoms with van der Waals surface area (Å²) < 4.78 is 0. The Labute approximate surface area is 139 Å². The maximum Gasteiger partial charge on any atom is 0.253 e. The predicted molar refractivity (Wildman–Crippen MR) is 92.5 cm³/mol. The van der Waals surface area contributed by atoms with E-state index in [2.05, 4.69) is 18.7 Å². The summed E-state index contributed by atoms with van der Waals surface area (Å²) in [5, 5.41) is 0. The maximum atomic E-state index is 12.3. The molecule has 6 heteroatoms. The molecule has 1 amide bonds. The van der Waals surface area contributed by atoms with Crippen molar-refractivity contribution in [2.24, 2.45) is 5.92 Å². The fraction of sp³-hybridized carbons (Fsp3) is 0.533. The van der Waals surface area contributed by atoms with Crippen molar-refractivity contribution >= 4 is 36.4 Å². The lowest BCUT2D eigenvalue weighted by molar-refractivity contribution is 0.0624. The molecule has 1 aromatic rings. The Morgan fingerprint density at radius 1 is 1.10 bits per heavy atom. The molecule has 1 aromatic carbocycles. The van der Waals surface area contributed by atoms with Crippen LogP contribution in [0.1, 0.15) is 24.2 Å². The largest absolute Gasteiger partial charge is 0.399 e. The molecule has 0 atom stereocenters. The lowest BCUT2D eigenvalue weighted by Crippen LogP contribution is -2.49. The Hall–Kier alpha value is -0.970. The second kappa shape index (κ2) is 9.13. The first kappa shape index (κ1) is 20.0. The van der Waals surface area contributed by atoms with Crippen molar-refractivity contribution in [3.05, 3.63) is 29.8 Å². The number of benzene rings is 1. The van der Waals surface area contributed by atoms with Crippen LogP contribution in [0.5, 0.6) is 0 Å². The highest BCUT2D eigenvalue weighted by atomic mass is 35.5. The number of rotatable bonds is 3. The second-order valence-corrected chi connectivity index (χ2v) is 5.61. The third-order valence-electron chi connectivity index (χ3n) is 3.44. The summed E-state index contributed by atoms with van der Waals surface area (Å²) in [6.45, 7) is 9.14. The summed E-state index contributed by atoms with van der Waals surface area (Å²) in [5.41, 5.74) is 7.06. The molecule has 0 saturated carbocycles. The zero-order valence-corrected chi connectivity index (χ0v) is 14.3. The molecular weight excluding hydrogens is 309 g/mol. The summed E-state index contributed by atoms with van der Waals surface area (Å²) in [5.74, 6) is 0.795. The molecule has 0 spiro atoms. The molecule has 0 bridgehead atoms. The molecule has 1 aliphatic rings. The van der Waals surface area contributed by atoms with Crippen molar-refractivity contribution in [3.8, 4) is 0 Å². The quantitative estimate of drug-likeness (QED) is 0.864. The molecule has 0 aliphatic carbocycles. The Kier molecular flexibility index (Phi) is 8.71. The van der Waals surface area contributed by atoms with Gasteiger partial charge in [-0.25, -0.2) is 0 Å². The third kappa shape index (κ3) is 5.73. The molecule has 1 fully saturated rings. The van der Waals surface area contributed by atoms with Gasteiger partial charge in [0.25, 0.3) is 5.91 Å². The van der Waals surface area contributed by atoms with E-state index in [4.69, 9.17) is 5.73 Å². The van der Waals surface area contributed by atoms with Crippen molar-refractivity contribution in [3.63, 3.8) is 0 Å². The molecular formula is C15H25Cl2N3O. The van der Waals surface area contributed by atoms with E-state index in [9.17, 15) is 4.79 Å². The van der Waals surface area contributed by atoms with Gasteiger partial charge in [0.1, 0.15) is 0 Å². The van der Waals surface area contributed by atoms with E-state index < -0.39 is 0 Å². The predicted octanol–water partition coefficient (Wildman–Crippen LogP) is 2.53. The first-order valence-corrected chi connectivity index (χ1v) is 6.93. The Morgan fingerprint density at radius 2 is 1.62 bits per heavy atom. The molecule has 2 N–H and O–H groups in total. The number of nitrogens with two attached hydrogens (primary N) is 1. The van der Waals surface area contributed by atoms with Crippen LogP contribution in [0.3, 0.4) is 0 Å². The zero-order valence-electron chi connectivity index (χ0n) is 12.6. The van der Waals surface area contributed by atoms with Crippen molar-refractivity contribution in [1.29, 1.82) is 0 Å². The number of piperazine rings is 1. The van der Waals surface area contributed by atoms with Crippen LogP contribution >= 0.6 is 24.8 Å². The smallest absolute Gasteiger partial charge is 0.253 e. The van der Waals surface area contributed by atoms with Gasteiger partial charge >= 0.3 is 0 Å². The summed E-state index contributed by atoms with van der Waals surface area (Å²) in [4.78, 5) is 16.7. The van der Waals surface area contributed by atoms with Gasteiger partial charge in [-0.1, -0.05) is 13.8 Å². The van der Waals surface area contributed by atoms with Crippen LogP contribution in [0.4, 0.5) is 5.69 Å². The van der Waals surface area contributed by atoms with Gasteiger partial charge < -0.3 is 10.6 Å². The fourth-order valence-electron chi connectivity index (χ4n) is 2.46. The van der Waals surface area contributed by atoms with Gasteiger partial charge in [0.15, 0.2) is 0 Å². The molecule has 1 aliphatic heterocycles. The number of hydrogen-bond donors (Lipinski definition) is 1. The van der Waals surface area contributed by atoms with Crippen LogP contribution in [0.25, 0.3) is 0 Å². The Bertz CT molecular complexity index is 429. The van der Waals surface area contributed by atoms with Gasteiger partial charge in [0, 0.05) is 44.0 Å². The average Bonchev–Trinajstić information content (AvgIpc) is 2.39. The van der Waals surface area contributed by atoms with Gasteiger partial charge in [-0.2, -0.15) is 0 Å². The van der Waals surface area contributed by atoms with E-state index in [0.717, 1.165) is 38.3 Å². The summed E-state index contributed by atoms with van der Waals surface area (Å²) in [6.07, 6.45) is 0. The minimum atomic E-state index is 0. The number of halogens is 2. The van der Waals surface area contributed by atoms with Crippen molar-refractivity contribution in [2.75, 3.05) is 38.5 Å². The monoisotopic (exact) mass is 333 g/mol. The first-order valence-electron chi connectivity index (χ1n) is 6.93. The number of nitrogen functional groups attached to an aromatic ring is 1. The van der Waals surface area contributed by atoms with Crippen molar-refractivity contribution in [2.45, 2.75) is 13.8 Å². The minimum absolute atomic E-state index is 0. The highest BCUT2D eigenvalue weighted by molar-refractivity contribution is 5.94. The lowest BCUT2D eigenvalue weighted by atomic mass is 10.1. The molecule has 0 aromatic heterocycles. The van der Waals surface area contributed by atoms with Crippen molar-refractivity contribution in [1.82, 2.24) is 9.80 Å². The zero-order chi connectivity index (χ0) is 13.8. The van der Waals surface area contributed by atoms with Crippen LogP contribution in [0.2, 0.25) is 0 Å². The van der Waals surface area contributed by atoms with E-state index in [-0.39, 0.29) is 30.7 Å². The summed E-state index contributed by atoms with van der Waals surface area (Å²) in [7, 11) is 0. The van der Waals surface area contributed by atoms with Crippen molar-refractivity contribution < 1.29 is 4.79 Å². The summed E-state index contributed by atoms with van der Waals surface area (Å²) >= 11 is 0. The number of amides is 1. The second-order valence-electron chi connectivity index (χ2n) is 5.61. The molecule has 1 saturated heterocycles. The molecule has 0 unspecified atom stereocenters. The molecule has 2 rings (SSSR count). The fourth-order valence-corrected chi connectivity index (χ4v) is 2.46. The topological polar surface area (TPSA) is 49.6 Å². The average molecular weight is 334 g/mol. The Balaban J connectivity index is 0.00000200. The SMILES string of the molecule is CC(C)CN1CCN(C(=O)c2ccc(N)cc2)CC1.Cl.Cl. The van der Waals surface area contributed by atoms with E-state index in [0.29, 0.717) is 11.6 Å². The Morgan fingerprint density at radius 3 is 2.10 bits per heavy atom. The standard InChI is InChI=1S/C15H23N3O.2ClH/c1-12(2)11-17-7-9-18(10-8-17)15(19)13-3-5-14(16)6-4-13;;/h3-6,12H,7-11,16H2,1-2H3;2*1H. The molecule has 1 heterocycles. The van der Waals surface area contributed by atoms with Crippen LogP contribution in [-0.2, 0) is 0 Å². The number of hydrogen-bond acceptors (Lipinski definition) is 3. The molecule has 21 heavy (non-hydrogen) atoms. The lowest BCUT2D eigenvalue weighted by Gasteiger charge is -2.35.